The van der Waals surface area contributed by atoms with Crippen LogP contribution in [0.2, 0.25) is 0 Å². The summed E-state index contributed by atoms with van der Waals surface area (Å²) in [5.41, 5.74) is 2.46. The second-order valence-electron chi connectivity index (χ2n) is 11.0. The Morgan fingerprint density at radius 2 is 1.16 bits per heavy atom. The fourth-order valence-corrected chi connectivity index (χ4v) is 6.85. The lowest BCUT2D eigenvalue weighted by atomic mass is 9.85. The standard InChI is InChI=1S/C31H57O3PS2/c1-7-9-11-13-15-17-23-36-25-21-32-35(33-22-26-37-24-18-16-14-12-10-8-2)34-30-20-19-28(3)27-29(30)31(4,5)6/h19-20,27H,7-18,21-26H2,1-6H3. The average Bonchev–Trinajstić information content (AvgIpc) is 2.86. The molecule has 0 saturated heterocycles. The Kier molecular flexibility index (Phi) is 21.7. The van der Waals surface area contributed by atoms with Crippen LogP contribution in [-0.2, 0) is 14.5 Å². The summed E-state index contributed by atoms with van der Waals surface area (Å²) in [6, 6.07) is 6.43. The van der Waals surface area contributed by atoms with Crippen molar-refractivity contribution in [2.24, 2.45) is 0 Å². The molecule has 1 aromatic carbocycles. The number of benzene rings is 1. The summed E-state index contributed by atoms with van der Waals surface area (Å²) >= 11 is 3.98. The predicted molar refractivity (Wildman–Crippen MR) is 171 cm³/mol. The Balaban J connectivity index is 2.45. The van der Waals surface area contributed by atoms with Crippen molar-refractivity contribution in [1.82, 2.24) is 0 Å². The largest absolute Gasteiger partial charge is 0.426 e. The monoisotopic (exact) mass is 572 g/mol. The summed E-state index contributed by atoms with van der Waals surface area (Å²) in [4.78, 5) is 0. The SMILES string of the molecule is CCCCCCCCSCCOP(OCCSCCCCCCCC)Oc1ccc(C)cc1C(C)(C)C. The molecule has 6 heteroatoms. The second kappa shape index (κ2) is 22.8. The van der Waals surface area contributed by atoms with Gasteiger partial charge in [0, 0.05) is 17.1 Å². The first-order valence-corrected chi connectivity index (χ1v) is 18.3. The zero-order chi connectivity index (χ0) is 27.2. The van der Waals surface area contributed by atoms with Crippen LogP contribution < -0.4 is 4.52 Å². The summed E-state index contributed by atoms with van der Waals surface area (Å²) in [5.74, 6) is 5.32. The smallest absolute Gasteiger partial charge is 0.397 e. The number of thioether (sulfide) groups is 2. The van der Waals surface area contributed by atoms with Crippen LogP contribution in [0.15, 0.2) is 18.2 Å². The Bertz CT molecular complexity index is 642. The van der Waals surface area contributed by atoms with Crippen LogP contribution in [0.4, 0.5) is 0 Å². The lowest BCUT2D eigenvalue weighted by Crippen LogP contribution is -2.14. The van der Waals surface area contributed by atoms with Crippen LogP contribution in [0, 0.1) is 6.92 Å². The molecule has 0 bridgehead atoms. The molecule has 0 unspecified atom stereocenters. The Morgan fingerprint density at radius 3 is 1.65 bits per heavy atom. The Hall–Kier alpha value is 0.0700. The normalized spacial score (nSPS) is 12.0. The van der Waals surface area contributed by atoms with Crippen LogP contribution in [0.3, 0.4) is 0 Å². The summed E-state index contributed by atoms with van der Waals surface area (Å²) in [5, 5.41) is 0. The van der Waals surface area contributed by atoms with Gasteiger partial charge in [0.1, 0.15) is 5.75 Å². The van der Waals surface area contributed by atoms with Crippen molar-refractivity contribution in [3.05, 3.63) is 29.3 Å². The molecular formula is C31H57O3PS2. The van der Waals surface area contributed by atoms with E-state index in [4.69, 9.17) is 13.6 Å². The van der Waals surface area contributed by atoms with Crippen molar-refractivity contribution < 1.29 is 13.6 Å². The van der Waals surface area contributed by atoms with Crippen LogP contribution in [0.1, 0.15) is 123 Å². The van der Waals surface area contributed by atoms with Gasteiger partial charge in [0.15, 0.2) is 0 Å². The van der Waals surface area contributed by atoms with Gasteiger partial charge in [-0.1, -0.05) is 117 Å². The third kappa shape index (κ3) is 18.9. The lowest BCUT2D eigenvalue weighted by Gasteiger charge is -2.25. The fraction of sp³-hybridized carbons (Fsp3) is 0.806. The quantitative estimate of drug-likeness (QED) is 0.0907. The molecule has 0 amide bonds. The average molecular weight is 573 g/mol. The van der Waals surface area contributed by atoms with Crippen LogP contribution >= 0.6 is 32.1 Å². The minimum absolute atomic E-state index is 0.00230. The maximum atomic E-state index is 6.39. The summed E-state index contributed by atoms with van der Waals surface area (Å²) < 4.78 is 18.7. The van der Waals surface area contributed by atoms with Crippen molar-refractivity contribution in [2.45, 2.75) is 124 Å². The zero-order valence-electron chi connectivity index (χ0n) is 24.9. The Labute approximate surface area is 240 Å². The van der Waals surface area contributed by atoms with Crippen molar-refractivity contribution in [2.75, 3.05) is 36.2 Å². The molecule has 3 nitrogen and oxygen atoms in total. The molecule has 0 heterocycles. The van der Waals surface area contributed by atoms with Crippen molar-refractivity contribution in [3.63, 3.8) is 0 Å². The van der Waals surface area contributed by atoms with Crippen LogP contribution in [0.5, 0.6) is 5.75 Å². The number of rotatable bonds is 24. The highest BCUT2D eigenvalue weighted by Crippen LogP contribution is 2.44. The molecule has 0 aliphatic rings. The maximum Gasteiger partial charge on any atom is 0.397 e. The number of aryl methyl sites for hydroxylation is 1. The first-order valence-electron chi connectivity index (χ1n) is 14.9. The van der Waals surface area contributed by atoms with E-state index in [1.54, 1.807) is 0 Å². The molecule has 0 atom stereocenters. The van der Waals surface area contributed by atoms with Gasteiger partial charge in [0.2, 0.25) is 0 Å². The second-order valence-corrected chi connectivity index (χ2v) is 14.6. The van der Waals surface area contributed by atoms with Crippen LogP contribution in [-0.4, -0.2) is 36.2 Å². The van der Waals surface area contributed by atoms with Gasteiger partial charge in [-0.3, -0.25) is 0 Å². The number of hydrogen-bond donors (Lipinski definition) is 0. The highest BCUT2D eigenvalue weighted by atomic mass is 32.2. The van der Waals surface area contributed by atoms with Gasteiger partial charge in [-0.2, -0.15) is 23.5 Å². The van der Waals surface area contributed by atoms with Gasteiger partial charge in [-0.25, -0.2) is 0 Å². The van der Waals surface area contributed by atoms with E-state index in [0.717, 1.165) is 17.3 Å². The molecule has 0 aliphatic carbocycles. The lowest BCUT2D eigenvalue weighted by molar-refractivity contribution is 0.223. The molecule has 0 aromatic heterocycles. The van der Waals surface area contributed by atoms with Crippen LogP contribution in [0.25, 0.3) is 0 Å². The molecule has 0 N–H and O–H groups in total. The molecule has 1 rings (SSSR count). The molecule has 37 heavy (non-hydrogen) atoms. The highest BCUT2D eigenvalue weighted by Gasteiger charge is 2.23. The van der Waals surface area contributed by atoms with E-state index in [2.05, 4.69) is 59.7 Å². The molecule has 0 spiro atoms. The van der Waals surface area contributed by atoms with E-state index in [9.17, 15) is 0 Å². The first kappa shape index (κ1) is 35.1. The van der Waals surface area contributed by atoms with E-state index in [1.165, 1.54) is 99.7 Å². The van der Waals surface area contributed by atoms with E-state index in [-0.39, 0.29) is 5.41 Å². The van der Waals surface area contributed by atoms with E-state index in [1.807, 2.05) is 23.5 Å². The predicted octanol–water partition coefficient (Wildman–Crippen LogP) is 11.1. The number of hydrogen-bond acceptors (Lipinski definition) is 5. The molecule has 0 radical (unpaired) electrons. The minimum Gasteiger partial charge on any atom is -0.426 e. The number of unbranched alkanes of at least 4 members (excludes halogenated alkanes) is 10. The molecule has 0 fully saturated rings. The van der Waals surface area contributed by atoms with Crippen molar-refractivity contribution >= 4 is 32.1 Å². The third-order valence-electron chi connectivity index (χ3n) is 6.25. The van der Waals surface area contributed by atoms with Crippen molar-refractivity contribution in [1.29, 1.82) is 0 Å². The topological polar surface area (TPSA) is 27.7 Å². The van der Waals surface area contributed by atoms with E-state index in [0.29, 0.717) is 13.2 Å². The molecule has 0 aliphatic heterocycles. The van der Waals surface area contributed by atoms with Crippen molar-refractivity contribution in [3.8, 4) is 5.75 Å². The molecule has 216 valence electrons. The van der Waals surface area contributed by atoms with E-state index >= 15 is 0 Å². The van der Waals surface area contributed by atoms with Gasteiger partial charge in [-0.15, -0.1) is 0 Å². The third-order valence-corrected chi connectivity index (χ3v) is 9.45. The molecule has 1 aromatic rings. The van der Waals surface area contributed by atoms with Gasteiger partial charge in [0.25, 0.3) is 0 Å². The first-order chi connectivity index (χ1) is 17.9. The minimum atomic E-state index is -1.41. The Morgan fingerprint density at radius 1 is 0.676 bits per heavy atom. The van der Waals surface area contributed by atoms with Gasteiger partial charge < -0.3 is 13.6 Å². The summed E-state index contributed by atoms with van der Waals surface area (Å²) in [6.07, 6.45) is 16.2. The molecular weight excluding hydrogens is 515 g/mol. The molecule has 0 saturated carbocycles. The summed E-state index contributed by atoms with van der Waals surface area (Å²) in [7, 11) is -1.41. The maximum absolute atomic E-state index is 6.39. The zero-order valence-corrected chi connectivity index (χ0v) is 27.5. The highest BCUT2D eigenvalue weighted by molar-refractivity contribution is 7.99. The van der Waals surface area contributed by atoms with Gasteiger partial charge in [-0.05, 0) is 42.8 Å². The summed E-state index contributed by atoms with van der Waals surface area (Å²) in [6.45, 7) is 14.7. The fourth-order valence-electron chi connectivity index (χ4n) is 3.99. The van der Waals surface area contributed by atoms with Gasteiger partial charge >= 0.3 is 8.60 Å². The van der Waals surface area contributed by atoms with Gasteiger partial charge in [0.05, 0.1) is 13.2 Å². The van der Waals surface area contributed by atoms with E-state index < -0.39 is 8.60 Å².